The van der Waals surface area contributed by atoms with Crippen molar-refractivity contribution in [3.8, 4) is 11.3 Å². The summed E-state index contributed by atoms with van der Waals surface area (Å²) in [6.07, 6.45) is 1.55. The Morgan fingerprint density at radius 3 is 2.42 bits per heavy atom. The molecule has 5 rings (SSSR count). The van der Waals surface area contributed by atoms with E-state index in [0.29, 0.717) is 42.8 Å². The van der Waals surface area contributed by atoms with Crippen molar-refractivity contribution in [1.29, 1.82) is 0 Å². The molecule has 43 heavy (non-hydrogen) atoms. The van der Waals surface area contributed by atoms with Gasteiger partial charge < -0.3 is 9.69 Å². The van der Waals surface area contributed by atoms with Gasteiger partial charge in [-0.2, -0.15) is 13.2 Å². The van der Waals surface area contributed by atoms with E-state index in [1.54, 1.807) is 0 Å². The molecule has 1 aromatic carbocycles. The first kappa shape index (κ1) is 31.0. The van der Waals surface area contributed by atoms with Crippen molar-refractivity contribution >= 4 is 34.5 Å². The van der Waals surface area contributed by atoms with Crippen LogP contribution in [0.25, 0.3) is 11.3 Å². The fourth-order valence-electron chi connectivity index (χ4n) is 5.55. The van der Waals surface area contributed by atoms with Crippen molar-refractivity contribution in [1.82, 2.24) is 24.8 Å². The van der Waals surface area contributed by atoms with E-state index < -0.39 is 23.5 Å². The summed E-state index contributed by atoms with van der Waals surface area (Å²) in [7, 11) is 0. The van der Waals surface area contributed by atoms with Gasteiger partial charge in [0.1, 0.15) is 23.6 Å². The van der Waals surface area contributed by atoms with Crippen molar-refractivity contribution in [2.24, 2.45) is 0 Å². The zero-order valence-corrected chi connectivity index (χ0v) is 24.7. The van der Waals surface area contributed by atoms with Crippen molar-refractivity contribution in [2.45, 2.75) is 57.9 Å². The van der Waals surface area contributed by atoms with Crippen molar-refractivity contribution in [3.05, 3.63) is 52.5 Å². The molecule has 230 valence electrons. The Bertz CT molecular complexity index is 1430. The summed E-state index contributed by atoms with van der Waals surface area (Å²) in [6, 6.07) is 2.89. The molecule has 2 aliphatic heterocycles. The molecule has 0 bridgehead atoms. The second kappa shape index (κ2) is 13.0. The first-order chi connectivity index (χ1) is 20.5. The van der Waals surface area contributed by atoms with Gasteiger partial charge in [0.05, 0.1) is 23.7 Å². The Labute approximate surface area is 250 Å². The fraction of sp³-hybridized carbons (Fsp3) is 0.483. The molecule has 2 aromatic heterocycles. The van der Waals surface area contributed by atoms with Gasteiger partial charge in [-0.1, -0.05) is 11.3 Å². The third-order valence-electron chi connectivity index (χ3n) is 8.01. The number of likely N-dealkylation sites (tertiary alicyclic amines) is 1. The van der Waals surface area contributed by atoms with Gasteiger partial charge in [-0.3, -0.25) is 19.9 Å². The quantitative estimate of drug-likeness (QED) is 0.262. The number of aromatic nitrogens is 3. The summed E-state index contributed by atoms with van der Waals surface area (Å²) in [4.78, 5) is 44.0. The number of rotatable bonds is 9. The molecule has 9 nitrogen and oxygen atoms in total. The maximum atomic E-state index is 14.3. The highest BCUT2D eigenvalue weighted by atomic mass is 32.1. The molecule has 2 fully saturated rings. The summed E-state index contributed by atoms with van der Waals surface area (Å²) >= 11 is 1.15. The molecule has 1 N–H and O–H groups in total. The predicted molar refractivity (Wildman–Crippen MR) is 156 cm³/mol. The smallest absolute Gasteiger partial charge is 0.353 e. The lowest BCUT2D eigenvalue weighted by Crippen LogP contribution is -2.47. The van der Waals surface area contributed by atoms with Crippen LogP contribution >= 0.6 is 11.3 Å². The number of alkyl halides is 3. The third-order valence-corrected chi connectivity index (χ3v) is 8.96. The Kier molecular flexibility index (Phi) is 9.37. The maximum absolute atomic E-state index is 14.3. The Hall–Kier alpha value is -3.49. The van der Waals surface area contributed by atoms with E-state index in [4.69, 9.17) is 0 Å². The first-order valence-electron chi connectivity index (χ1n) is 14.2. The first-order valence-corrected chi connectivity index (χ1v) is 15.0. The molecule has 2 unspecified atom stereocenters. The molecule has 0 saturated carbocycles. The molecule has 1 amide bonds. The molecular formula is C29H33F4N7O2S. The highest BCUT2D eigenvalue weighted by Gasteiger charge is 2.33. The van der Waals surface area contributed by atoms with E-state index in [1.165, 1.54) is 12.4 Å². The fourth-order valence-corrected chi connectivity index (χ4v) is 6.54. The van der Waals surface area contributed by atoms with Crippen LogP contribution in [0, 0.1) is 5.82 Å². The van der Waals surface area contributed by atoms with Crippen LogP contribution in [-0.2, 0) is 17.5 Å². The summed E-state index contributed by atoms with van der Waals surface area (Å²) in [6.45, 7) is 8.32. The van der Waals surface area contributed by atoms with Gasteiger partial charge >= 0.3 is 6.18 Å². The van der Waals surface area contributed by atoms with E-state index in [-0.39, 0.29) is 34.2 Å². The molecular weight excluding hydrogens is 586 g/mol. The topological polar surface area (TPSA) is 94.6 Å². The normalized spacial score (nSPS) is 20.0. The molecule has 0 radical (unpaired) electrons. The van der Waals surface area contributed by atoms with Gasteiger partial charge in [-0.15, -0.1) is 0 Å². The lowest BCUT2D eigenvalue weighted by Gasteiger charge is -2.34. The number of piperazine rings is 1. The zero-order valence-electron chi connectivity index (χ0n) is 23.9. The summed E-state index contributed by atoms with van der Waals surface area (Å²) < 4.78 is 54.8. The third kappa shape index (κ3) is 7.36. The number of hydrogen-bond donors (Lipinski definition) is 1. The Morgan fingerprint density at radius 1 is 1.07 bits per heavy atom. The molecule has 2 saturated heterocycles. The number of nitrogens with one attached hydrogen (secondary N) is 1. The molecule has 3 aromatic rings. The number of thiazole rings is 1. The molecule has 14 heteroatoms. The van der Waals surface area contributed by atoms with E-state index in [2.05, 4.69) is 48.8 Å². The standard InChI is InChI=1S/C29H33F4N7O2S/c1-18-4-5-19(2)40(18)17-24-26(20-12-21(29(31,32)33)14-22(30)13-20)36-28(43-24)37-27(42)23-15-35-25(16-34-23)39-9-7-38(8-10-39)6-3-11-41/h11-16,18-19H,3-10,17H2,1-2H3,(H,36,37,42). The van der Waals surface area contributed by atoms with Crippen molar-refractivity contribution in [3.63, 3.8) is 0 Å². The highest BCUT2D eigenvalue weighted by molar-refractivity contribution is 7.16. The van der Waals surface area contributed by atoms with Crippen molar-refractivity contribution in [2.75, 3.05) is 42.9 Å². The number of halogens is 4. The van der Waals surface area contributed by atoms with Gasteiger partial charge in [0, 0.05) is 68.2 Å². The highest BCUT2D eigenvalue weighted by Crippen LogP contribution is 2.38. The predicted octanol–water partition coefficient (Wildman–Crippen LogP) is 5.09. The summed E-state index contributed by atoms with van der Waals surface area (Å²) in [5.41, 5.74) is -0.856. The second-order valence-corrected chi connectivity index (χ2v) is 12.0. The monoisotopic (exact) mass is 619 g/mol. The van der Waals surface area contributed by atoms with Crippen LogP contribution in [0.5, 0.6) is 0 Å². The number of nitrogens with zero attached hydrogens (tertiary/aromatic N) is 6. The Balaban J connectivity index is 1.34. The van der Waals surface area contributed by atoms with Crippen LogP contribution in [0.1, 0.15) is 54.0 Å². The number of carbonyl (C=O) groups is 2. The minimum Gasteiger partial charge on any atom is -0.353 e. The number of anilines is 2. The number of amides is 1. The average Bonchev–Trinajstić information content (AvgIpc) is 3.53. The summed E-state index contributed by atoms with van der Waals surface area (Å²) in [5, 5.41) is 2.87. The van der Waals surface area contributed by atoms with Gasteiger partial charge in [0.2, 0.25) is 0 Å². The molecule has 2 aliphatic rings. The van der Waals surface area contributed by atoms with Crippen LogP contribution < -0.4 is 10.2 Å². The van der Waals surface area contributed by atoms with Gasteiger partial charge in [0.15, 0.2) is 5.13 Å². The number of hydrogen-bond acceptors (Lipinski definition) is 9. The van der Waals surface area contributed by atoms with Gasteiger partial charge in [0.25, 0.3) is 5.91 Å². The Morgan fingerprint density at radius 2 is 1.79 bits per heavy atom. The average molecular weight is 620 g/mol. The molecule has 0 spiro atoms. The summed E-state index contributed by atoms with van der Waals surface area (Å²) in [5.74, 6) is -0.955. The molecule has 0 aliphatic carbocycles. The van der Waals surface area contributed by atoms with E-state index in [1.807, 2.05) is 0 Å². The van der Waals surface area contributed by atoms with Gasteiger partial charge in [-0.25, -0.2) is 19.3 Å². The number of benzene rings is 1. The van der Waals surface area contributed by atoms with Crippen LogP contribution in [0.2, 0.25) is 0 Å². The minimum atomic E-state index is -4.73. The SMILES string of the molecule is CC1CCC(C)N1Cc1sc(NC(=O)c2cnc(N3CCN(CCC=O)CC3)cn2)nc1-c1cc(F)cc(C(F)(F)F)c1. The second-order valence-electron chi connectivity index (χ2n) is 11.0. The van der Waals surface area contributed by atoms with Gasteiger partial charge in [-0.05, 0) is 44.9 Å². The molecule has 4 heterocycles. The lowest BCUT2D eigenvalue weighted by molar-refractivity contribution is -0.137. The molecule has 2 atom stereocenters. The maximum Gasteiger partial charge on any atom is 0.416 e. The van der Waals surface area contributed by atoms with E-state index in [9.17, 15) is 27.2 Å². The lowest BCUT2D eigenvalue weighted by atomic mass is 10.1. The van der Waals surface area contributed by atoms with Crippen molar-refractivity contribution < 1.29 is 27.2 Å². The van der Waals surface area contributed by atoms with E-state index >= 15 is 0 Å². The minimum absolute atomic E-state index is 0.00558. The number of aldehydes is 1. The zero-order chi connectivity index (χ0) is 30.7. The van der Waals surface area contributed by atoms with Crippen LogP contribution in [0.15, 0.2) is 30.6 Å². The van der Waals surface area contributed by atoms with Crippen LogP contribution in [-0.4, -0.2) is 81.8 Å². The van der Waals surface area contributed by atoms with Crippen LogP contribution in [0.4, 0.5) is 28.5 Å². The number of carbonyl (C=O) groups excluding carboxylic acids is 2. The largest absolute Gasteiger partial charge is 0.416 e. The van der Waals surface area contributed by atoms with Crippen LogP contribution in [0.3, 0.4) is 0 Å². The van der Waals surface area contributed by atoms with E-state index in [0.717, 1.165) is 62.2 Å².